The largest absolute Gasteiger partial charge is 0.313 e. The van der Waals surface area contributed by atoms with E-state index < -0.39 is 0 Å². The van der Waals surface area contributed by atoms with Gasteiger partial charge in [0.05, 0.1) is 6.07 Å². The summed E-state index contributed by atoms with van der Waals surface area (Å²) in [6, 6.07) is 2.60. The van der Waals surface area contributed by atoms with Crippen LogP contribution in [0.3, 0.4) is 0 Å². The summed E-state index contributed by atoms with van der Waals surface area (Å²) in [6.07, 6.45) is 8.69. The Labute approximate surface area is 94.1 Å². The predicted octanol–water partition coefficient (Wildman–Crippen LogP) is 2.71. The minimum atomic E-state index is 0.178. The minimum absolute atomic E-state index is 0.178. The van der Waals surface area contributed by atoms with Crippen molar-refractivity contribution in [1.29, 1.82) is 5.26 Å². The van der Waals surface area contributed by atoms with Crippen molar-refractivity contribution in [1.82, 2.24) is 5.32 Å². The lowest BCUT2D eigenvalue weighted by Gasteiger charge is -2.26. The molecule has 0 aliphatic heterocycles. The summed E-state index contributed by atoms with van der Waals surface area (Å²) in [5.41, 5.74) is 0.178. The zero-order chi connectivity index (χ0) is 11.7. The van der Waals surface area contributed by atoms with Gasteiger partial charge in [0.15, 0.2) is 0 Å². The summed E-state index contributed by atoms with van der Waals surface area (Å²) in [5, 5.41) is 12.0. The van der Waals surface area contributed by atoms with E-state index in [1.807, 2.05) is 0 Å². The molecule has 0 radical (unpaired) electrons. The van der Waals surface area contributed by atoms with Crippen LogP contribution in [0.5, 0.6) is 0 Å². The fourth-order valence-corrected chi connectivity index (χ4v) is 1.41. The maximum atomic E-state index is 8.54. The molecule has 0 saturated carbocycles. The number of rotatable bonds is 7. The lowest BCUT2D eigenvalue weighted by molar-refractivity contribution is 0.298. The summed E-state index contributed by atoms with van der Waals surface area (Å²) in [7, 11) is 0. The summed E-state index contributed by atoms with van der Waals surface area (Å²) < 4.78 is 0. The van der Waals surface area contributed by atoms with Crippen LogP contribution in [0.15, 0.2) is 0 Å². The van der Waals surface area contributed by atoms with Gasteiger partial charge in [-0.05, 0) is 18.3 Å². The van der Waals surface area contributed by atoms with Crippen molar-refractivity contribution in [2.75, 3.05) is 6.54 Å². The molecule has 0 amide bonds. The molecule has 0 aliphatic carbocycles. The Kier molecular flexibility index (Phi) is 6.84. The van der Waals surface area contributed by atoms with Crippen LogP contribution in [0.1, 0.15) is 46.5 Å². The van der Waals surface area contributed by atoms with E-state index in [4.69, 9.17) is 11.7 Å². The van der Waals surface area contributed by atoms with Crippen molar-refractivity contribution in [3.05, 3.63) is 0 Å². The Morgan fingerprint density at radius 1 is 1.47 bits per heavy atom. The maximum absolute atomic E-state index is 8.54. The molecule has 0 aromatic rings. The zero-order valence-electron chi connectivity index (χ0n) is 10.1. The van der Waals surface area contributed by atoms with E-state index in [1.165, 1.54) is 0 Å². The van der Waals surface area contributed by atoms with Crippen LogP contribution in [-0.2, 0) is 0 Å². The first kappa shape index (κ1) is 14.0. The number of hydrogen-bond donors (Lipinski definition) is 1. The van der Waals surface area contributed by atoms with Gasteiger partial charge >= 0.3 is 0 Å². The van der Waals surface area contributed by atoms with Crippen LogP contribution in [-0.4, -0.2) is 12.6 Å². The Hall–Kier alpha value is -0.990. The van der Waals surface area contributed by atoms with Gasteiger partial charge in [-0.3, -0.25) is 0 Å². The molecule has 1 atom stereocenters. The molecule has 0 bridgehead atoms. The van der Waals surface area contributed by atoms with Gasteiger partial charge in [-0.15, -0.1) is 12.3 Å². The van der Waals surface area contributed by atoms with Crippen molar-refractivity contribution in [3.8, 4) is 18.4 Å². The second-order valence-electron chi connectivity index (χ2n) is 4.72. The van der Waals surface area contributed by atoms with E-state index in [2.05, 4.69) is 38.1 Å². The minimum Gasteiger partial charge on any atom is -0.313 e. The molecule has 0 heterocycles. The van der Waals surface area contributed by atoms with E-state index in [9.17, 15) is 0 Å². The Morgan fingerprint density at radius 3 is 2.60 bits per heavy atom. The Balaban J connectivity index is 3.91. The van der Waals surface area contributed by atoms with Crippen LogP contribution in [0.4, 0.5) is 0 Å². The first-order valence-corrected chi connectivity index (χ1v) is 5.59. The molecule has 1 N–H and O–H groups in total. The monoisotopic (exact) mass is 206 g/mol. The van der Waals surface area contributed by atoms with Crippen LogP contribution < -0.4 is 5.32 Å². The van der Waals surface area contributed by atoms with Crippen molar-refractivity contribution in [3.63, 3.8) is 0 Å². The quantitative estimate of drug-likeness (QED) is 0.650. The van der Waals surface area contributed by atoms with Gasteiger partial charge in [-0.25, -0.2) is 0 Å². The standard InChI is InChI=1S/C13H22N2/c1-5-8-12(6-2)15-11-13(3,4)9-7-10-14/h1,12,15H,6-9,11H2,2-4H3. The molecule has 1 unspecified atom stereocenters. The van der Waals surface area contributed by atoms with Gasteiger partial charge < -0.3 is 5.32 Å². The molecule has 0 aromatic heterocycles. The van der Waals surface area contributed by atoms with Gasteiger partial charge in [0.2, 0.25) is 0 Å². The SMILES string of the molecule is C#CCC(CC)NCC(C)(C)CCC#N. The maximum Gasteiger partial charge on any atom is 0.0621 e. The third kappa shape index (κ3) is 7.00. The van der Waals surface area contributed by atoms with Crippen LogP contribution in [0.2, 0.25) is 0 Å². The average Bonchev–Trinajstić information content (AvgIpc) is 2.21. The molecule has 0 fully saturated rings. The Morgan fingerprint density at radius 2 is 2.13 bits per heavy atom. The molecule has 2 heteroatoms. The summed E-state index contributed by atoms with van der Waals surface area (Å²) in [6.45, 7) is 7.42. The highest BCUT2D eigenvalue weighted by molar-refractivity contribution is 4.90. The second-order valence-corrected chi connectivity index (χ2v) is 4.72. The first-order valence-electron chi connectivity index (χ1n) is 5.59. The number of nitrogens with zero attached hydrogens (tertiary/aromatic N) is 1. The molecule has 0 aromatic carbocycles. The highest BCUT2D eigenvalue weighted by atomic mass is 14.9. The molecule has 15 heavy (non-hydrogen) atoms. The van der Waals surface area contributed by atoms with E-state index in [1.54, 1.807) is 0 Å². The number of nitriles is 1. The van der Waals surface area contributed by atoms with Gasteiger partial charge in [-0.2, -0.15) is 5.26 Å². The number of hydrogen-bond acceptors (Lipinski definition) is 2. The summed E-state index contributed by atoms with van der Waals surface area (Å²) >= 11 is 0. The van der Waals surface area contributed by atoms with Crippen LogP contribution >= 0.6 is 0 Å². The zero-order valence-corrected chi connectivity index (χ0v) is 10.1. The molecule has 0 aliphatic rings. The number of terminal acetylenes is 1. The van der Waals surface area contributed by atoms with Crippen molar-refractivity contribution in [2.45, 2.75) is 52.5 Å². The highest BCUT2D eigenvalue weighted by Crippen LogP contribution is 2.21. The summed E-state index contributed by atoms with van der Waals surface area (Å²) in [4.78, 5) is 0. The van der Waals surface area contributed by atoms with E-state index in [0.717, 1.165) is 25.8 Å². The molecule has 0 spiro atoms. The first-order chi connectivity index (χ1) is 7.05. The lowest BCUT2D eigenvalue weighted by Crippen LogP contribution is -2.36. The smallest absolute Gasteiger partial charge is 0.0621 e. The van der Waals surface area contributed by atoms with Gasteiger partial charge in [0.1, 0.15) is 0 Å². The predicted molar refractivity (Wildman–Crippen MR) is 64.2 cm³/mol. The molecule has 0 saturated heterocycles. The molecule has 2 nitrogen and oxygen atoms in total. The third-order valence-corrected chi connectivity index (χ3v) is 2.64. The Bertz CT molecular complexity index is 242. The number of nitrogens with one attached hydrogen (secondary N) is 1. The lowest BCUT2D eigenvalue weighted by atomic mass is 9.87. The van der Waals surface area contributed by atoms with E-state index in [-0.39, 0.29) is 5.41 Å². The summed E-state index contributed by atoms with van der Waals surface area (Å²) in [5.74, 6) is 2.68. The highest BCUT2D eigenvalue weighted by Gasteiger charge is 2.18. The molecule has 0 rings (SSSR count). The van der Waals surface area contributed by atoms with Crippen molar-refractivity contribution in [2.24, 2.45) is 5.41 Å². The van der Waals surface area contributed by atoms with E-state index in [0.29, 0.717) is 12.5 Å². The average molecular weight is 206 g/mol. The van der Waals surface area contributed by atoms with Crippen molar-refractivity contribution < 1.29 is 0 Å². The van der Waals surface area contributed by atoms with Gasteiger partial charge in [0.25, 0.3) is 0 Å². The second kappa shape index (κ2) is 7.32. The van der Waals surface area contributed by atoms with Crippen molar-refractivity contribution >= 4 is 0 Å². The fourth-order valence-electron chi connectivity index (χ4n) is 1.41. The fraction of sp³-hybridized carbons (Fsp3) is 0.769. The van der Waals surface area contributed by atoms with Gasteiger partial charge in [-0.1, -0.05) is 20.8 Å². The molecular formula is C13H22N2. The topological polar surface area (TPSA) is 35.8 Å². The van der Waals surface area contributed by atoms with E-state index >= 15 is 0 Å². The van der Waals surface area contributed by atoms with Crippen LogP contribution in [0, 0.1) is 29.1 Å². The van der Waals surface area contributed by atoms with Gasteiger partial charge in [0, 0.05) is 25.4 Å². The molecule has 84 valence electrons. The molecular weight excluding hydrogens is 184 g/mol. The normalized spacial score (nSPS) is 12.9. The van der Waals surface area contributed by atoms with Crippen LogP contribution in [0.25, 0.3) is 0 Å². The third-order valence-electron chi connectivity index (χ3n) is 2.64.